The first-order valence-electron chi connectivity index (χ1n) is 5.85. The van der Waals surface area contributed by atoms with Crippen molar-refractivity contribution >= 4 is 27.8 Å². The van der Waals surface area contributed by atoms with E-state index in [0.29, 0.717) is 11.5 Å². The number of amides is 1. The zero-order valence-corrected chi connectivity index (χ0v) is 12.6. The number of rotatable bonds is 2. The lowest BCUT2D eigenvalue weighted by Crippen LogP contribution is -2.15. The van der Waals surface area contributed by atoms with E-state index in [1.165, 1.54) is 0 Å². The van der Waals surface area contributed by atoms with Gasteiger partial charge in [-0.3, -0.25) is 10.1 Å². The minimum Gasteiger partial charge on any atom is -0.290 e. The first kappa shape index (κ1) is 13.7. The standard InChI is InChI=1S/C14H14BrN3O/c1-8-4-11(7-12(15)5-8)13(19)18-14-16-9(2)6-10(3)17-14/h4-7H,1-3H3,(H,16,17,18,19). The van der Waals surface area contributed by atoms with Crippen LogP contribution in [0.5, 0.6) is 0 Å². The Morgan fingerprint density at radius 1 is 1.05 bits per heavy atom. The van der Waals surface area contributed by atoms with Crippen LogP contribution < -0.4 is 5.32 Å². The van der Waals surface area contributed by atoms with Crippen LogP contribution >= 0.6 is 15.9 Å². The van der Waals surface area contributed by atoms with Crippen molar-refractivity contribution in [3.05, 3.63) is 51.3 Å². The predicted molar refractivity (Wildman–Crippen MR) is 78.3 cm³/mol. The molecule has 0 bridgehead atoms. The molecule has 0 spiro atoms. The minimum atomic E-state index is -0.214. The van der Waals surface area contributed by atoms with Crippen molar-refractivity contribution < 1.29 is 4.79 Å². The number of halogens is 1. The van der Waals surface area contributed by atoms with Crippen molar-refractivity contribution in [2.45, 2.75) is 20.8 Å². The summed E-state index contributed by atoms with van der Waals surface area (Å²) in [4.78, 5) is 20.5. The van der Waals surface area contributed by atoms with E-state index >= 15 is 0 Å². The molecular weight excluding hydrogens is 306 g/mol. The molecule has 0 radical (unpaired) electrons. The second-order valence-electron chi connectivity index (χ2n) is 4.45. The second-order valence-corrected chi connectivity index (χ2v) is 5.36. The summed E-state index contributed by atoms with van der Waals surface area (Å²) < 4.78 is 0.874. The molecule has 2 aromatic rings. The van der Waals surface area contributed by atoms with E-state index in [9.17, 15) is 4.79 Å². The van der Waals surface area contributed by atoms with E-state index < -0.39 is 0 Å². The van der Waals surface area contributed by atoms with Crippen molar-refractivity contribution in [1.29, 1.82) is 0 Å². The number of aryl methyl sites for hydroxylation is 3. The molecule has 2 rings (SSSR count). The molecule has 1 heterocycles. The number of carbonyl (C=O) groups is 1. The zero-order valence-electron chi connectivity index (χ0n) is 11.0. The first-order valence-corrected chi connectivity index (χ1v) is 6.64. The lowest BCUT2D eigenvalue weighted by atomic mass is 10.1. The van der Waals surface area contributed by atoms with Crippen LogP contribution in [0, 0.1) is 20.8 Å². The zero-order chi connectivity index (χ0) is 14.0. The van der Waals surface area contributed by atoms with Gasteiger partial charge in [0.2, 0.25) is 5.95 Å². The maximum atomic E-state index is 12.1. The van der Waals surface area contributed by atoms with E-state index in [1.54, 1.807) is 6.07 Å². The van der Waals surface area contributed by atoms with E-state index in [4.69, 9.17) is 0 Å². The van der Waals surface area contributed by atoms with Crippen molar-refractivity contribution in [3.63, 3.8) is 0 Å². The summed E-state index contributed by atoms with van der Waals surface area (Å²) in [6.45, 7) is 5.68. The van der Waals surface area contributed by atoms with Crippen LogP contribution in [0.25, 0.3) is 0 Å². The number of hydrogen-bond acceptors (Lipinski definition) is 3. The lowest BCUT2D eigenvalue weighted by Gasteiger charge is -2.06. The molecule has 0 aliphatic rings. The molecule has 1 amide bonds. The number of nitrogens with one attached hydrogen (secondary N) is 1. The van der Waals surface area contributed by atoms with Gasteiger partial charge in [0, 0.05) is 21.4 Å². The summed E-state index contributed by atoms with van der Waals surface area (Å²) in [6, 6.07) is 7.40. The summed E-state index contributed by atoms with van der Waals surface area (Å²) in [5.74, 6) is 0.120. The fourth-order valence-corrected chi connectivity index (χ4v) is 2.43. The van der Waals surface area contributed by atoms with Crippen molar-refractivity contribution in [2.24, 2.45) is 0 Å². The Labute approximate surface area is 120 Å². The van der Waals surface area contributed by atoms with Gasteiger partial charge >= 0.3 is 0 Å². The molecule has 1 aromatic heterocycles. The summed E-state index contributed by atoms with van der Waals surface area (Å²) >= 11 is 3.38. The molecular formula is C14H14BrN3O. The third-order valence-electron chi connectivity index (χ3n) is 2.51. The Balaban J connectivity index is 2.25. The van der Waals surface area contributed by atoms with Gasteiger partial charge in [-0.1, -0.05) is 15.9 Å². The smallest absolute Gasteiger partial charge is 0.258 e. The summed E-state index contributed by atoms with van der Waals surface area (Å²) in [7, 11) is 0. The lowest BCUT2D eigenvalue weighted by molar-refractivity contribution is 0.102. The van der Waals surface area contributed by atoms with Crippen LogP contribution in [-0.4, -0.2) is 15.9 Å². The van der Waals surface area contributed by atoms with Gasteiger partial charge in [-0.05, 0) is 50.6 Å². The maximum Gasteiger partial charge on any atom is 0.258 e. The van der Waals surface area contributed by atoms with Crippen LogP contribution in [0.2, 0.25) is 0 Å². The molecule has 19 heavy (non-hydrogen) atoms. The molecule has 0 aliphatic heterocycles. The van der Waals surface area contributed by atoms with E-state index in [1.807, 2.05) is 39.0 Å². The van der Waals surface area contributed by atoms with Crippen molar-refractivity contribution in [2.75, 3.05) is 5.32 Å². The topological polar surface area (TPSA) is 54.9 Å². The van der Waals surface area contributed by atoms with E-state index in [0.717, 1.165) is 21.4 Å². The molecule has 0 unspecified atom stereocenters. The highest BCUT2D eigenvalue weighted by molar-refractivity contribution is 9.10. The van der Waals surface area contributed by atoms with Crippen LogP contribution in [-0.2, 0) is 0 Å². The second kappa shape index (κ2) is 5.48. The van der Waals surface area contributed by atoms with Gasteiger partial charge in [0.15, 0.2) is 0 Å². The molecule has 5 heteroatoms. The third kappa shape index (κ3) is 3.61. The fourth-order valence-electron chi connectivity index (χ4n) is 1.82. The van der Waals surface area contributed by atoms with Gasteiger partial charge in [0.05, 0.1) is 0 Å². The highest BCUT2D eigenvalue weighted by Gasteiger charge is 2.09. The van der Waals surface area contributed by atoms with Gasteiger partial charge in [-0.15, -0.1) is 0 Å². The van der Waals surface area contributed by atoms with Crippen molar-refractivity contribution in [1.82, 2.24) is 9.97 Å². The number of nitrogens with zero attached hydrogens (tertiary/aromatic N) is 2. The minimum absolute atomic E-state index is 0.214. The van der Waals surface area contributed by atoms with Gasteiger partial charge in [-0.2, -0.15) is 0 Å². The molecule has 0 atom stereocenters. The Hall–Kier alpha value is -1.75. The number of aromatic nitrogens is 2. The number of hydrogen-bond donors (Lipinski definition) is 1. The van der Waals surface area contributed by atoms with E-state index in [2.05, 4.69) is 31.2 Å². The first-order chi connectivity index (χ1) is 8.94. The average Bonchev–Trinajstić information content (AvgIpc) is 2.25. The highest BCUT2D eigenvalue weighted by Crippen LogP contribution is 2.16. The molecule has 1 N–H and O–H groups in total. The fraction of sp³-hybridized carbons (Fsp3) is 0.214. The summed E-state index contributed by atoms with van der Waals surface area (Å²) in [5, 5.41) is 2.71. The maximum absolute atomic E-state index is 12.1. The third-order valence-corrected chi connectivity index (χ3v) is 2.97. The van der Waals surface area contributed by atoms with Crippen molar-refractivity contribution in [3.8, 4) is 0 Å². The van der Waals surface area contributed by atoms with Crippen LogP contribution in [0.15, 0.2) is 28.7 Å². The summed E-state index contributed by atoms with van der Waals surface area (Å²) in [6.07, 6.45) is 0. The van der Waals surface area contributed by atoms with E-state index in [-0.39, 0.29) is 5.91 Å². The Kier molecular flexibility index (Phi) is 3.95. The number of anilines is 1. The SMILES string of the molecule is Cc1cc(Br)cc(C(=O)Nc2nc(C)cc(C)n2)c1. The van der Waals surface area contributed by atoms with Gasteiger partial charge in [0.1, 0.15) is 0 Å². The van der Waals surface area contributed by atoms with Crippen LogP contribution in [0.3, 0.4) is 0 Å². The molecule has 0 fully saturated rings. The molecule has 0 saturated carbocycles. The average molecular weight is 320 g/mol. The Morgan fingerprint density at radius 2 is 1.68 bits per heavy atom. The van der Waals surface area contributed by atoms with Crippen LogP contribution in [0.4, 0.5) is 5.95 Å². The monoisotopic (exact) mass is 319 g/mol. The Morgan fingerprint density at radius 3 is 2.26 bits per heavy atom. The molecule has 0 saturated heterocycles. The largest absolute Gasteiger partial charge is 0.290 e. The molecule has 0 aliphatic carbocycles. The normalized spacial score (nSPS) is 10.3. The number of benzene rings is 1. The molecule has 1 aromatic carbocycles. The quantitative estimate of drug-likeness (QED) is 0.922. The Bertz CT molecular complexity index is 600. The predicted octanol–water partition coefficient (Wildman–Crippen LogP) is 3.42. The highest BCUT2D eigenvalue weighted by atomic mass is 79.9. The van der Waals surface area contributed by atoms with Gasteiger partial charge < -0.3 is 0 Å². The van der Waals surface area contributed by atoms with Gasteiger partial charge in [-0.25, -0.2) is 9.97 Å². The molecule has 98 valence electrons. The molecule has 4 nitrogen and oxygen atoms in total. The van der Waals surface area contributed by atoms with Crippen LogP contribution in [0.1, 0.15) is 27.3 Å². The van der Waals surface area contributed by atoms with Gasteiger partial charge in [0.25, 0.3) is 5.91 Å². The number of carbonyl (C=O) groups excluding carboxylic acids is 1. The summed E-state index contributed by atoms with van der Waals surface area (Å²) in [5.41, 5.74) is 3.25.